The molecule has 0 aliphatic heterocycles. The van der Waals surface area contributed by atoms with E-state index < -0.39 is 23.9 Å². The third kappa shape index (κ3) is 2.80. The van der Waals surface area contributed by atoms with Crippen LogP contribution in [0, 0.1) is 10.1 Å². The van der Waals surface area contributed by atoms with Gasteiger partial charge in [0.05, 0.1) is 23.4 Å². The molecule has 1 heterocycles. The van der Waals surface area contributed by atoms with Crippen molar-refractivity contribution in [2.75, 3.05) is 18.4 Å². The number of hydrogen-bond acceptors (Lipinski definition) is 5. The van der Waals surface area contributed by atoms with Crippen LogP contribution in [-0.4, -0.2) is 28.9 Å². The molecule has 0 radical (unpaired) electrons. The first-order valence-electron chi connectivity index (χ1n) is 5.77. The molecule has 1 aromatic carbocycles. The van der Waals surface area contributed by atoms with Crippen molar-refractivity contribution in [3.05, 3.63) is 40.7 Å². The highest BCUT2D eigenvalue weighted by molar-refractivity contribution is 5.99. The molecule has 0 aliphatic carbocycles. The minimum absolute atomic E-state index is 0.121. The quantitative estimate of drug-likeness (QED) is 0.647. The van der Waals surface area contributed by atoms with Crippen molar-refractivity contribution in [1.29, 1.82) is 0 Å². The van der Waals surface area contributed by atoms with Crippen molar-refractivity contribution in [3.8, 4) is 0 Å². The Hall–Kier alpha value is -2.35. The first kappa shape index (κ1) is 14.1. The summed E-state index contributed by atoms with van der Waals surface area (Å²) in [5, 5.41) is 14.2. The predicted octanol–water partition coefficient (Wildman–Crippen LogP) is 2.15. The van der Waals surface area contributed by atoms with Gasteiger partial charge < -0.3 is 11.1 Å². The van der Waals surface area contributed by atoms with Gasteiger partial charge in [-0.15, -0.1) is 0 Å². The molecule has 2 rings (SSSR count). The molecule has 106 valence electrons. The minimum atomic E-state index is -3.04. The molecular formula is C12H12F2N4O2. The van der Waals surface area contributed by atoms with Crippen molar-refractivity contribution in [3.63, 3.8) is 0 Å². The Kier molecular flexibility index (Phi) is 3.75. The van der Waals surface area contributed by atoms with Gasteiger partial charge in [0.15, 0.2) is 0 Å². The molecule has 0 amide bonds. The molecule has 1 aromatic heterocycles. The van der Waals surface area contributed by atoms with E-state index in [1.165, 1.54) is 30.6 Å². The van der Waals surface area contributed by atoms with E-state index in [0.717, 1.165) is 0 Å². The smallest absolute Gasteiger partial charge is 0.278 e. The van der Waals surface area contributed by atoms with E-state index in [-0.39, 0.29) is 5.69 Å². The first-order chi connectivity index (χ1) is 9.44. The summed E-state index contributed by atoms with van der Waals surface area (Å²) >= 11 is 0. The number of alkyl halides is 2. The Labute approximate surface area is 112 Å². The van der Waals surface area contributed by atoms with Gasteiger partial charge in [-0.3, -0.25) is 15.1 Å². The van der Waals surface area contributed by atoms with Crippen LogP contribution in [0.4, 0.5) is 20.2 Å². The second-order valence-corrected chi connectivity index (χ2v) is 4.22. The Morgan fingerprint density at radius 2 is 2.10 bits per heavy atom. The number of non-ortho nitro benzene ring substituents is 1. The maximum absolute atomic E-state index is 13.1. The number of fused-ring (bicyclic) bond motifs is 1. The molecule has 20 heavy (non-hydrogen) atoms. The van der Waals surface area contributed by atoms with Crippen molar-refractivity contribution < 1.29 is 13.7 Å². The van der Waals surface area contributed by atoms with E-state index in [2.05, 4.69) is 10.3 Å². The fraction of sp³-hybridized carbons (Fsp3) is 0.250. The van der Waals surface area contributed by atoms with Gasteiger partial charge in [0.1, 0.15) is 0 Å². The first-order valence-corrected chi connectivity index (χ1v) is 5.77. The lowest BCUT2D eigenvalue weighted by atomic mass is 10.1. The van der Waals surface area contributed by atoms with Crippen LogP contribution in [0.5, 0.6) is 0 Å². The fourth-order valence-corrected chi connectivity index (χ4v) is 1.79. The molecule has 2 aromatic rings. The largest absolute Gasteiger partial charge is 0.378 e. The lowest BCUT2D eigenvalue weighted by Gasteiger charge is -2.16. The standard InChI is InChI=1S/C12H12F2N4O2/c13-12(14,6-15)7-17-10-1-2-11(18(19)20)9-5-16-4-3-8(9)10/h1-5,17H,6-7,15H2. The van der Waals surface area contributed by atoms with Gasteiger partial charge in [-0.25, -0.2) is 8.78 Å². The maximum atomic E-state index is 13.1. The summed E-state index contributed by atoms with van der Waals surface area (Å²) < 4.78 is 26.3. The molecule has 0 saturated heterocycles. The van der Waals surface area contributed by atoms with Crippen LogP contribution >= 0.6 is 0 Å². The van der Waals surface area contributed by atoms with E-state index in [1.807, 2.05) is 0 Å². The van der Waals surface area contributed by atoms with Crippen molar-refractivity contribution in [2.24, 2.45) is 5.73 Å². The molecule has 3 N–H and O–H groups in total. The van der Waals surface area contributed by atoms with Crippen molar-refractivity contribution >= 4 is 22.1 Å². The van der Waals surface area contributed by atoms with Gasteiger partial charge in [0, 0.05) is 29.5 Å². The van der Waals surface area contributed by atoms with Crippen LogP contribution < -0.4 is 11.1 Å². The summed E-state index contributed by atoms with van der Waals surface area (Å²) in [4.78, 5) is 14.2. The van der Waals surface area contributed by atoms with Crippen LogP contribution in [0.1, 0.15) is 0 Å². The van der Waals surface area contributed by atoms with E-state index in [9.17, 15) is 18.9 Å². The summed E-state index contributed by atoms with van der Waals surface area (Å²) in [6.45, 7) is -1.41. The number of nitrogens with one attached hydrogen (secondary N) is 1. The number of rotatable bonds is 5. The zero-order chi connectivity index (χ0) is 14.8. The van der Waals surface area contributed by atoms with Crippen molar-refractivity contribution in [2.45, 2.75) is 5.92 Å². The molecule has 6 nitrogen and oxygen atoms in total. The van der Waals surface area contributed by atoms with Crippen LogP contribution in [0.3, 0.4) is 0 Å². The minimum Gasteiger partial charge on any atom is -0.378 e. The van der Waals surface area contributed by atoms with Gasteiger partial charge in [0.2, 0.25) is 0 Å². The number of anilines is 1. The number of nitro benzene ring substituents is 1. The number of nitro groups is 1. The number of nitrogens with zero attached hydrogens (tertiary/aromatic N) is 2. The highest BCUT2D eigenvalue weighted by Crippen LogP contribution is 2.31. The van der Waals surface area contributed by atoms with Crippen LogP contribution in [0.15, 0.2) is 30.6 Å². The lowest BCUT2D eigenvalue weighted by Crippen LogP contribution is -2.35. The Morgan fingerprint density at radius 1 is 1.35 bits per heavy atom. The van der Waals surface area contributed by atoms with E-state index in [0.29, 0.717) is 16.5 Å². The highest BCUT2D eigenvalue weighted by atomic mass is 19.3. The normalized spacial score (nSPS) is 11.6. The van der Waals surface area contributed by atoms with E-state index in [1.54, 1.807) is 0 Å². The Morgan fingerprint density at radius 3 is 2.75 bits per heavy atom. The molecule has 0 atom stereocenters. The zero-order valence-corrected chi connectivity index (χ0v) is 10.3. The van der Waals surface area contributed by atoms with Crippen LogP contribution in [-0.2, 0) is 0 Å². The molecule has 0 saturated carbocycles. The third-order valence-corrected chi connectivity index (χ3v) is 2.83. The number of hydrogen-bond donors (Lipinski definition) is 2. The van der Waals surface area contributed by atoms with Crippen LogP contribution in [0.25, 0.3) is 10.8 Å². The zero-order valence-electron chi connectivity index (χ0n) is 10.3. The van der Waals surface area contributed by atoms with Crippen LogP contribution in [0.2, 0.25) is 0 Å². The number of nitrogens with two attached hydrogens (primary N) is 1. The molecular weight excluding hydrogens is 270 g/mol. The molecule has 0 spiro atoms. The summed E-state index contributed by atoms with van der Waals surface area (Å²) in [5.41, 5.74) is 5.21. The number of benzene rings is 1. The fourth-order valence-electron chi connectivity index (χ4n) is 1.79. The molecule has 8 heteroatoms. The van der Waals surface area contributed by atoms with Gasteiger partial charge in [-0.2, -0.15) is 0 Å². The maximum Gasteiger partial charge on any atom is 0.278 e. The second-order valence-electron chi connectivity index (χ2n) is 4.22. The molecule has 0 aliphatic rings. The van der Waals surface area contributed by atoms with Gasteiger partial charge in [-0.05, 0) is 12.1 Å². The average molecular weight is 282 g/mol. The topological polar surface area (TPSA) is 94.1 Å². The van der Waals surface area contributed by atoms with Crippen molar-refractivity contribution in [1.82, 2.24) is 4.98 Å². The molecule has 0 bridgehead atoms. The summed E-state index contributed by atoms with van der Waals surface area (Å²) in [7, 11) is 0. The lowest BCUT2D eigenvalue weighted by molar-refractivity contribution is -0.383. The SMILES string of the molecule is NCC(F)(F)CNc1ccc([N+](=O)[O-])c2cnccc12. The summed E-state index contributed by atoms with van der Waals surface area (Å²) in [5.74, 6) is -3.04. The molecule has 0 fully saturated rings. The molecule has 0 unspecified atom stereocenters. The predicted molar refractivity (Wildman–Crippen MR) is 70.9 cm³/mol. The van der Waals surface area contributed by atoms with Gasteiger partial charge >= 0.3 is 0 Å². The second kappa shape index (κ2) is 5.33. The van der Waals surface area contributed by atoms with Gasteiger partial charge in [0.25, 0.3) is 11.6 Å². The van der Waals surface area contributed by atoms with E-state index in [4.69, 9.17) is 5.73 Å². The highest BCUT2D eigenvalue weighted by Gasteiger charge is 2.26. The number of aromatic nitrogens is 1. The number of pyridine rings is 1. The monoisotopic (exact) mass is 282 g/mol. The Balaban J connectivity index is 2.41. The summed E-state index contributed by atoms with van der Waals surface area (Å²) in [6, 6.07) is 4.19. The van der Waals surface area contributed by atoms with E-state index >= 15 is 0 Å². The summed E-state index contributed by atoms with van der Waals surface area (Å²) in [6.07, 6.45) is 2.78. The average Bonchev–Trinajstić information content (AvgIpc) is 2.44. The third-order valence-electron chi connectivity index (χ3n) is 2.83. The number of halogens is 2. The Bertz CT molecular complexity index is 648. The van der Waals surface area contributed by atoms with Gasteiger partial charge in [-0.1, -0.05) is 0 Å².